The van der Waals surface area contributed by atoms with Gasteiger partial charge in [0.15, 0.2) is 11.5 Å². The molecule has 1 fully saturated rings. The van der Waals surface area contributed by atoms with Crippen molar-refractivity contribution in [3.63, 3.8) is 0 Å². The van der Waals surface area contributed by atoms with Crippen molar-refractivity contribution in [1.82, 2.24) is 0 Å². The Kier molecular flexibility index (Phi) is 11.5. The first-order valence-corrected chi connectivity index (χ1v) is 11.3. The maximum Gasteiger partial charge on any atom is 0.181 e. The molecule has 21 heavy (non-hydrogen) atoms. The summed E-state index contributed by atoms with van der Waals surface area (Å²) in [4.78, 5) is 11.3. The first-order valence-electron chi connectivity index (χ1n) is 7.86. The van der Waals surface area contributed by atoms with Crippen molar-refractivity contribution < 1.29 is 17.8 Å². The SMILES string of the molecule is CCC(=O)C[S+](C)C1CCCCC1.CCCCS(=O)(=O)[O-]. The summed E-state index contributed by atoms with van der Waals surface area (Å²) in [6.45, 7) is 3.81. The number of carbonyl (C=O) groups excluding carboxylic acids is 1. The first kappa shape index (κ1) is 20.9. The van der Waals surface area contributed by atoms with E-state index in [0.29, 0.717) is 23.1 Å². The third kappa shape index (κ3) is 12.2. The van der Waals surface area contributed by atoms with Gasteiger partial charge in [-0.05, 0) is 43.0 Å². The van der Waals surface area contributed by atoms with Crippen molar-refractivity contribution >= 4 is 26.8 Å². The van der Waals surface area contributed by atoms with E-state index in [-0.39, 0.29) is 5.75 Å². The van der Waals surface area contributed by atoms with Crippen molar-refractivity contribution in [3.8, 4) is 0 Å². The number of Topliss-reactive ketones (excluding diaryl/α,β-unsaturated/α-hetero) is 1. The van der Waals surface area contributed by atoms with Crippen LogP contribution in [0.3, 0.4) is 0 Å². The van der Waals surface area contributed by atoms with E-state index in [1.54, 1.807) is 0 Å². The summed E-state index contributed by atoms with van der Waals surface area (Å²) in [6.07, 6.45) is 11.2. The predicted molar refractivity (Wildman–Crippen MR) is 89.8 cm³/mol. The van der Waals surface area contributed by atoms with Crippen LogP contribution in [0.15, 0.2) is 0 Å². The van der Waals surface area contributed by atoms with Gasteiger partial charge in [-0.15, -0.1) is 0 Å². The summed E-state index contributed by atoms with van der Waals surface area (Å²) in [7, 11) is -3.57. The molecule has 0 radical (unpaired) electrons. The molecule has 0 aromatic rings. The number of hydrogen-bond acceptors (Lipinski definition) is 4. The topological polar surface area (TPSA) is 74.3 Å². The maximum absolute atomic E-state index is 11.3. The van der Waals surface area contributed by atoms with Crippen LogP contribution in [0, 0.1) is 0 Å². The Bertz CT molecular complexity index is 373. The highest BCUT2D eigenvalue weighted by Crippen LogP contribution is 2.24. The molecule has 0 heterocycles. The fourth-order valence-electron chi connectivity index (χ4n) is 2.26. The van der Waals surface area contributed by atoms with Gasteiger partial charge in [0.2, 0.25) is 0 Å². The Hall–Kier alpha value is -0.0700. The molecule has 1 unspecified atom stereocenters. The third-order valence-corrected chi connectivity index (χ3v) is 6.83. The molecule has 0 aromatic heterocycles. The molecule has 1 rings (SSSR count). The molecule has 6 heteroatoms. The Morgan fingerprint density at radius 1 is 1.19 bits per heavy atom. The highest BCUT2D eigenvalue weighted by molar-refractivity contribution is 7.97. The molecule has 1 aliphatic rings. The standard InChI is InChI=1S/C11H21OS.C4H10O3S/c1-3-10(12)9-13(2)11-7-5-4-6-8-11;1-2-3-4-8(5,6)7/h11H,3-9H2,1-2H3;2-4H2,1H3,(H,5,6,7)/q+1;/p-1. The molecule has 4 nitrogen and oxygen atoms in total. The number of carbonyl (C=O) groups is 1. The zero-order valence-corrected chi connectivity index (χ0v) is 15.2. The van der Waals surface area contributed by atoms with Crippen LogP contribution in [0.5, 0.6) is 0 Å². The lowest BCUT2D eigenvalue weighted by atomic mass is 10.0. The molecule has 126 valence electrons. The van der Waals surface area contributed by atoms with E-state index in [1.807, 2.05) is 13.8 Å². The van der Waals surface area contributed by atoms with Gasteiger partial charge < -0.3 is 4.55 Å². The van der Waals surface area contributed by atoms with E-state index in [4.69, 9.17) is 0 Å². The molecule has 0 aliphatic heterocycles. The third-order valence-electron chi connectivity index (χ3n) is 3.65. The van der Waals surface area contributed by atoms with Crippen LogP contribution in [0.4, 0.5) is 0 Å². The van der Waals surface area contributed by atoms with Crippen molar-refractivity contribution in [2.75, 3.05) is 17.8 Å². The second-order valence-corrected chi connectivity index (χ2v) is 9.46. The molecule has 0 aromatic carbocycles. The van der Waals surface area contributed by atoms with Gasteiger partial charge in [0.1, 0.15) is 5.25 Å². The summed E-state index contributed by atoms with van der Waals surface area (Å²) >= 11 is 0. The quantitative estimate of drug-likeness (QED) is 0.528. The summed E-state index contributed by atoms with van der Waals surface area (Å²) in [5.41, 5.74) is 0. The van der Waals surface area contributed by atoms with E-state index in [0.717, 1.165) is 23.8 Å². The normalized spacial score (nSPS) is 17.7. The molecular weight excluding hydrogens is 308 g/mol. The molecule has 1 saturated carbocycles. The van der Waals surface area contributed by atoms with Crippen LogP contribution in [0.1, 0.15) is 65.2 Å². The second kappa shape index (κ2) is 11.5. The fraction of sp³-hybridized carbons (Fsp3) is 0.933. The number of rotatable bonds is 7. The summed E-state index contributed by atoms with van der Waals surface area (Å²) in [5, 5.41) is 0.865. The van der Waals surface area contributed by atoms with Gasteiger partial charge in [0.05, 0.1) is 16.4 Å². The molecule has 0 bridgehead atoms. The van der Waals surface area contributed by atoms with Gasteiger partial charge in [0.25, 0.3) is 0 Å². The molecule has 0 amide bonds. The van der Waals surface area contributed by atoms with Gasteiger partial charge in [-0.25, -0.2) is 8.42 Å². The van der Waals surface area contributed by atoms with Crippen LogP contribution in [0.25, 0.3) is 0 Å². The van der Waals surface area contributed by atoms with Gasteiger partial charge in [-0.1, -0.05) is 26.7 Å². The molecule has 0 spiro atoms. The molecule has 1 aliphatic carbocycles. The van der Waals surface area contributed by atoms with Gasteiger partial charge >= 0.3 is 0 Å². The van der Waals surface area contributed by atoms with E-state index < -0.39 is 10.1 Å². The van der Waals surface area contributed by atoms with Crippen LogP contribution < -0.4 is 0 Å². The van der Waals surface area contributed by atoms with E-state index in [2.05, 4.69) is 6.26 Å². The van der Waals surface area contributed by atoms with Gasteiger partial charge in [0, 0.05) is 12.2 Å². The van der Waals surface area contributed by atoms with Crippen molar-refractivity contribution in [1.29, 1.82) is 0 Å². The predicted octanol–water partition coefficient (Wildman–Crippen LogP) is 2.88. The molecule has 1 atom stereocenters. The highest BCUT2D eigenvalue weighted by Gasteiger charge is 2.28. The number of ketones is 1. The lowest BCUT2D eigenvalue weighted by Crippen LogP contribution is -2.28. The summed E-state index contributed by atoms with van der Waals surface area (Å²) < 4.78 is 29.5. The summed E-state index contributed by atoms with van der Waals surface area (Å²) in [5.74, 6) is 1.08. The lowest BCUT2D eigenvalue weighted by molar-refractivity contribution is -0.116. The molecular formula is C15H30O4S2. The van der Waals surface area contributed by atoms with Crippen LogP contribution in [-0.4, -0.2) is 41.8 Å². The Balaban J connectivity index is 0.000000433. The average molecular weight is 339 g/mol. The second-order valence-electron chi connectivity index (χ2n) is 5.60. The molecule has 0 saturated heterocycles. The highest BCUT2D eigenvalue weighted by atomic mass is 32.2. The maximum atomic E-state index is 11.3. The summed E-state index contributed by atoms with van der Waals surface area (Å²) in [6, 6.07) is 0. The Morgan fingerprint density at radius 2 is 1.76 bits per heavy atom. The van der Waals surface area contributed by atoms with Crippen molar-refractivity contribution in [3.05, 3.63) is 0 Å². The number of hydrogen-bond donors (Lipinski definition) is 0. The van der Waals surface area contributed by atoms with E-state index in [1.165, 1.54) is 32.1 Å². The van der Waals surface area contributed by atoms with Crippen LogP contribution in [-0.2, 0) is 25.8 Å². The van der Waals surface area contributed by atoms with E-state index >= 15 is 0 Å². The zero-order valence-electron chi connectivity index (χ0n) is 13.6. The van der Waals surface area contributed by atoms with Crippen molar-refractivity contribution in [2.45, 2.75) is 70.5 Å². The minimum atomic E-state index is -3.94. The van der Waals surface area contributed by atoms with Crippen molar-refractivity contribution in [2.24, 2.45) is 0 Å². The smallest absolute Gasteiger partial charge is 0.181 e. The average Bonchev–Trinajstić information content (AvgIpc) is 2.45. The Morgan fingerprint density at radius 3 is 2.14 bits per heavy atom. The minimum absolute atomic E-state index is 0.219. The minimum Gasteiger partial charge on any atom is -0.748 e. The van der Waals surface area contributed by atoms with E-state index in [9.17, 15) is 17.8 Å². The van der Waals surface area contributed by atoms with Crippen LogP contribution >= 0.6 is 0 Å². The van der Waals surface area contributed by atoms with Crippen LogP contribution in [0.2, 0.25) is 0 Å². The monoisotopic (exact) mass is 338 g/mol. The first-order chi connectivity index (χ1) is 9.80. The zero-order chi connectivity index (χ0) is 16.3. The molecule has 0 N–H and O–H groups in total. The lowest BCUT2D eigenvalue weighted by Gasteiger charge is -2.20. The largest absolute Gasteiger partial charge is 0.748 e. The Labute approximate surface area is 133 Å². The number of unbranched alkanes of at least 4 members (excludes halogenated alkanes) is 1. The van der Waals surface area contributed by atoms with Gasteiger partial charge in [-0.3, -0.25) is 4.79 Å². The van der Waals surface area contributed by atoms with Gasteiger partial charge in [-0.2, -0.15) is 0 Å². The fourth-order valence-corrected chi connectivity index (χ4v) is 4.99.